The minimum Gasteiger partial charge on any atom is -0.487 e. The van der Waals surface area contributed by atoms with Gasteiger partial charge in [0, 0.05) is 17.7 Å². The molecule has 150 valence electrons. The van der Waals surface area contributed by atoms with Crippen LogP contribution in [-0.2, 0) is 25.8 Å². The number of benzene rings is 2. The SMILES string of the molecule is CC1(C)CCc2cc(CNCCc3ccccc3)c3c(c2O1)CCC(C)(C)O3. The highest BCUT2D eigenvalue weighted by Gasteiger charge is 2.35. The van der Waals surface area contributed by atoms with Crippen molar-refractivity contribution >= 4 is 0 Å². The average molecular weight is 380 g/mol. The monoisotopic (exact) mass is 379 g/mol. The number of aryl methyl sites for hydroxylation is 1. The van der Waals surface area contributed by atoms with Crippen LogP contribution in [0, 0.1) is 0 Å². The highest BCUT2D eigenvalue weighted by atomic mass is 16.5. The predicted octanol–water partition coefficient (Wildman–Crippen LogP) is 5.23. The molecule has 28 heavy (non-hydrogen) atoms. The molecule has 0 bridgehead atoms. The van der Waals surface area contributed by atoms with Crippen molar-refractivity contribution in [2.24, 2.45) is 0 Å². The van der Waals surface area contributed by atoms with Crippen LogP contribution in [0.4, 0.5) is 0 Å². The Morgan fingerprint density at radius 1 is 0.893 bits per heavy atom. The Balaban J connectivity index is 1.55. The number of ether oxygens (including phenoxy) is 2. The summed E-state index contributed by atoms with van der Waals surface area (Å²) in [4.78, 5) is 0. The topological polar surface area (TPSA) is 30.5 Å². The molecule has 0 saturated carbocycles. The van der Waals surface area contributed by atoms with E-state index in [-0.39, 0.29) is 11.2 Å². The van der Waals surface area contributed by atoms with Crippen LogP contribution >= 0.6 is 0 Å². The van der Waals surface area contributed by atoms with Gasteiger partial charge >= 0.3 is 0 Å². The molecule has 0 spiro atoms. The fourth-order valence-electron chi connectivity index (χ4n) is 4.25. The lowest BCUT2D eigenvalue weighted by Crippen LogP contribution is -2.37. The molecule has 2 heterocycles. The summed E-state index contributed by atoms with van der Waals surface area (Å²) in [5.41, 5.74) is 5.06. The van der Waals surface area contributed by atoms with E-state index in [0.29, 0.717) is 0 Å². The zero-order valence-electron chi connectivity index (χ0n) is 17.7. The van der Waals surface area contributed by atoms with Crippen LogP contribution in [0.15, 0.2) is 36.4 Å². The summed E-state index contributed by atoms with van der Waals surface area (Å²) in [5, 5.41) is 3.63. The van der Waals surface area contributed by atoms with Crippen molar-refractivity contribution in [2.75, 3.05) is 6.54 Å². The summed E-state index contributed by atoms with van der Waals surface area (Å²) in [6, 6.07) is 13.0. The van der Waals surface area contributed by atoms with Gasteiger partial charge in [-0.3, -0.25) is 0 Å². The molecule has 0 amide bonds. The third kappa shape index (κ3) is 4.20. The number of hydrogen-bond acceptors (Lipinski definition) is 3. The van der Waals surface area contributed by atoms with Gasteiger partial charge in [0.25, 0.3) is 0 Å². The molecule has 2 aliphatic rings. The van der Waals surface area contributed by atoms with Crippen molar-refractivity contribution in [3.05, 3.63) is 58.7 Å². The maximum absolute atomic E-state index is 6.48. The Labute approximate surface area is 169 Å². The first kappa shape index (κ1) is 19.3. The molecule has 4 rings (SSSR count). The Morgan fingerprint density at radius 3 is 2.32 bits per heavy atom. The Bertz CT molecular complexity index is 839. The predicted molar refractivity (Wildman–Crippen MR) is 114 cm³/mol. The smallest absolute Gasteiger partial charge is 0.131 e. The molecular formula is C25H33NO2. The second-order valence-corrected chi connectivity index (χ2v) is 9.47. The van der Waals surface area contributed by atoms with E-state index in [1.165, 1.54) is 22.3 Å². The van der Waals surface area contributed by atoms with Gasteiger partial charge in [0.1, 0.15) is 22.7 Å². The van der Waals surface area contributed by atoms with Crippen LogP contribution in [0.5, 0.6) is 11.5 Å². The van der Waals surface area contributed by atoms with Gasteiger partial charge in [-0.15, -0.1) is 0 Å². The maximum Gasteiger partial charge on any atom is 0.131 e. The van der Waals surface area contributed by atoms with Crippen molar-refractivity contribution in [1.82, 2.24) is 5.32 Å². The minimum atomic E-state index is -0.121. The maximum atomic E-state index is 6.48. The largest absolute Gasteiger partial charge is 0.487 e. The van der Waals surface area contributed by atoms with Crippen LogP contribution in [0.2, 0.25) is 0 Å². The minimum absolute atomic E-state index is 0.0941. The quantitative estimate of drug-likeness (QED) is 0.722. The van der Waals surface area contributed by atoms with Crippen molar-refractivity contribution in [3.8, 4) is 11.5 Å². The standard InChI is InChI=1S/C25H33NO2/c1-24(2)13-10-19-16-20(17-26-15-12-18-8-6-5-7-9-18)23-21(22(19)27-24)11-14-25(3,4)28-23/h5-9,16,26H,10-15,17H2,1-4H3. The summed E-state index contributed by atoms with van der Waals surface area (Å²) in [6.45, 7) is 10.5. The van der Waals surface area contributed by atoms with Crippen molar-refractivity contribution < 1.29 is 9.47 Å². The zero-order chi connectivity index (χ0) is 19.8. The van der Waals surface area contributed by atoms with Gasteiger partial charge in [-0.1, -0.05) is 30.3 Å². The van der Waals surface area contributed by atoms with Crippen LogP contribution in [0.25, 0.3) is 0 Å². The fraction of sp³-hybridized carbons (Fsp3) is 0.520. The van der Waals surface area contributed by atoms with Gasteiger partial charge in [-0.2, -0.15) is 0 Å². The van der Waals surface area contributed by atoms with E-state index in [4.69, 9.17) is 9.47 Å². The van der Waals surface area contributed by atoms with Crippen LogP contribution in [0.3, 0.4) is 0 Å². The Morgan fingerprint density at radius 2 is 1.57 bits per heavy atom. The first-order valence-corrected chi connectivity index (χ1v) is 10.6. The summed E-state index contributed by atoms with van der Waals surface area (Å²) >= 11 is 0. The van der Waals surface area contributed by atoms with E-state index in [9.17, 15) is 0 Å². The van der Waals surface area contributed by atoms with Crippen molar-refractivity contribution in [1.29, 1.82) is 0 Å². The van der Waals surface area contributed by atoms with Gasteiger partial charge in [0.05, 0.1) is 0 Å². The third-order valence-corrected chi connectivity index (χ3v) is 5.96. The summed E-state index contributed by atoms with van der Waals surface area (Å²) in [5.74, 6) is 2.15. The van der Waals surface area contributed by atoms with E-state index in [1.54, 1.807) is 0 Å². The molecule has 0 unspecified atom stereocenters. The van der Waals surface area contributed by atoms with E-state index >= 15 is 0 Å². The number of fused-ring (bicyclic) bond motifs is 3. The van der Waals surface area contributed by atoms with E-state index < -0.39 is 0 Å². The molecule has 0 radical (unpaired) electrons. The molecule has 0 aromatic heterocycles. The molecule has 3 heteroatoms. The highest BCUT2D eigenvalue weighted by molar-refractivity contribution is 5.57. The normalized spacial score (nSPS) is 19.1. The molecule has 2 aromatic carbocycles. The van der Waals surface area contributed by atoms with Crippen LogP contribution < -0.4 is 14.8 Å². The molecule has 1 N–H and O–H groups in total. The van der Waals surface area contributed by atoms with Crippen molar-refractivity contribution in [3.63, 3.8) is 0 Å². The molecule has 0 aliphatic carbocycles. The lowest BCUT2D eigenvalue weighted by atomic mass is 9.86. The van der Waals surface area contributed by atoms with Gasteiger partial charge in [-0.05, 0) is 83.5 Å². The van der Waals surface area contributed by atoms with E-state index in [1.807, 2.05) is 0 Å². The highest BCUT2D eigenvalue weighted by Crippen LogP contribution is 2.46. The molecule has 0 atom stereocenters. The van der Waals surface area contributed by atoms with Crippen molar-refractivity contribution in [2.45, 2.75) is 77.5 Å². The average Bonchev–Trinajstić information content (AvgIpc) is 2.65. The summed E-state index contributed by atoms with van der Waals surface area (Å²) in [6.07, 6.45) is 5.24. The molecule has 0 fully saturated rings. The summed E-state index contributed by atoms with van der Waals surface area (Å²) < 4.78 is 12.9. The molecule has 0 saturated heterocycles. The first-order chi connectivity index (χ1) is 13.3. The summed E-state index contributed by atoms with van der Waals surface area (Å²) in [7, 11) is 0. The Kier molecular flexibility index (Phi) is 5.13. The van der Waals surface area contributed by atoms with E-state index in [0.717, 1.165) is 56.7 Å². The third-order valence-electron chi connectivity index (χ3n) is 5.96. The van der Waals surface area contributed by atoms with Gasteiger partial charge in [-0.25, -0.2) is 0 Å². The number of hydrogen-bond donors (Lipinski definition) is 1. The van der Waals surface area contributed by atoms with Gasteiger partial charge in [0.2, 0.25) is 0 Å². The van der Waals surface area contributed by atoms with E-state index in [2.05, 4.69) is 69.4 Å². The first-order valence-electron chi connectivity index (χ1n) is 10.6. The van der Waals surface area contributed by atoms with Gasteiger partial charge in [0.15, 0.2) is 0 Å². The van der Waals surface area contributed by atoms with Crippen LogP contribution in [-0.4, -0.2) is 17.7 Å². The molecule has 2 aliphatic heterocycles. The molecule has 3 nitrogen and oxygen atoms in total. The van der Waals surface area contributed by atoms with Gasteiger partial charge < -0.3 is 14.8 Å². The lowest BCUT2D eigenvalue weighted by molar-refractivity contribution is 0.0657. The fourth-order valence-corrected chi connectivity index (χ4v) is 4.25. The zero-order valence-corrected chi connectivity index (χ0v) is 17.7. The second kappa shape index (κ2) is 7.44. The molecular weight excluding hydrogens is 346 g/mol. The Hall–Kier alpha value is -2.00. The molecule has 2 aromatic rings. The number of nitrogens with one attached hydrogen (secondary N) is 1. The lowest BCUT2D eigenvalue weighted by Gasteiger charge is -2.39. The van der Waals surface area contributed by atoms with Crippen LogP contribution in [0.1, 0.15) is 62.8 Å². The second-order valence-electron chi connectivity index (χ2n) is 9.47. The number of rotatable bonds is 5.